The fraction of sp³-hybridized carbons (Fsp3) is 0.579. The summed E-state index contributed by atoms with van der Waals surface area (Å²) in [6.45, 7) is 10.1. The van der Waals surface area contributed by atoms with Crippen LogP contribution in [0.25, 0.3) is 0 Å². The third-order valence-corrected chi connectivity index (χ3v) is 5.62. The first-order valence-electron chi connectivity index (χ1n) is 9.02. The molecule has 3 heterocycles. The van der Waals surface area contributed by atoms with Gasteiger partial charge in [0.15, 0.2) is 0 Å². The SMILES string of the molecule is Cc1nc(C(=O)N2CCC(Cn3cnc(C(C)(C)C)cc3=O)CC2)cs1. The Labute approximate surface area is 157 Å². The minimum absolute atomic E-state index is 0.00128. The zero-order valence-electron chi connectivity index (χ0n) is 15.9. The van der Waals surface area contributed by atoms with E-state index in [1.165, 1.54) is 11.3 Å². The van der Waals surface area contributed by atoms with Crippen LogP contribution in [0, 0.1) is 12.8 Å². The van der Waals surface area contributed by atoms with Crippen molar-refractivity contribution >= 4 is 17.2 Å². The van der Waals surface area contributed by atoms with E-state index in [1.54, 1.807) is 17.0 Å². The molecule has 1 aliphatic rings. The van der Waals surface area contributed by atoms with Crippen molar-refractivity contribution in [3.63, 3.8) is 0 Å². The number of hydrogen-bond acceptors (Lipinski definition) is 5. The van der Waals surface area contributed by atoms with Gasteiger partial charge in [-0.25, -0.2) is 9.97 Å². The van der Waals surface area contributed by atoms with Gasteiger partial charge in [-0.1, -0.05) is 20.8 Å². The first kappa shape index (κ1) is 18.8. The Morgan fingerprint density at radius 3 is 2.54 bits per heavy atom. The monoisotopic (exact) mass is 374 g/mol. The number of nitrogens with zero attached hydrogens (tertiary/aromatic N) is 4. The quantitative estimate of drug-likeness (QED) is 0.828. The Kier molecular flexibility index (Phi) is 5.27. The number of likely N-dealkylation sites (tertiary alicyclic amines) is 1. The van der Waals surface area contributed by atoms with Crippen LogP contribution in [-0.4, -0.2) is 38.4 Å². The van der Waals surface area contributed by atoms with Crippen LogP contribution in [0.1, 0.15) is 54.8 Å². The van der Waals surface area contributed by atoms with Crippen molar-refractivity contribution in [2.45, 2.75) is 52.5 Å². The molecule has 0 saturated carbocycles. The number of amides is 1. The number of carbonyl (C=O) groups excluding carboxylic acids is 1. The van der Waals surface area contributed by atoms with Gasteiger partial charge in [-0.3, -0.25) is 14.2 Å². The Bertz CT molecular complexity index is 842. The van der Waals surface area contributed by atoms with Crippen LogP contribution in [-0.2, 0) is 12.0 Å². The van der Waals surface area contributed by atoms with Crippen LogP contribution in [0.3, 0.4) is 0 Å². The molecule has 2 aromatic rings. The van der Waals surface area contributed by atoms with Gasteiger partial charge in [0.2, 0.25) is 0 Å². The summed E-state index contributed by atoms with van der Waals surface area (Å²) in [6.07, 6.45) is 3.45. The maximum absolute atomic E-state index is 12.5. The summed E-state index contributed by atoms with van der Waals surface area (Å²) in [4.78, 5) is 35.4. The zero-order chi connectivity index (χ0) is 18.9. The molecule has 6 nitrogen and oxygen atoms in total. The van der Waals surface area contributed by atoms with E-state index in [-0.39, 0.29) is 16.9 Å². The van der Waals surface area contributed by atoms with Crippen molar-refractivity contribution in [3.8, 4) is 0 Å². The number of rotatable bonds is 3. The average molecular weight is 375 g/mol. The smallest absolute Gasteiger partial charge is 0.273 e. The van der Waals surface area contributed by atoms with Crippen molar-refractivity contribution in [2.75, 3.05) is 13.1 Å². The fourth-order valence-electron chi connectivity index (χ4n) is 3.19. The average Bonchev–Trinajstić information content (AvgIpc) is 3.02. The number of carbonyl (C=O) groups is 1. The molecule has 1 aliphatic heterocycles. The van der Waals surface area contributed by atoms with Crippen LogP contribution >= 0.6 is 11.3 Å². The highest BCUT2D eigenvalue weighted by Crippen LogP contribution is 2.22. The number of aryl methyl sites for hydroxylation is 1. The molecule has 26 heavy (non-hydrogen) atoms. The van der Waals surface area contributed by atoms with E-state index >= 15 is 0 Å². The van der Waals surface area contributed by atoms with E-state index in [0.29, 0.717) is 31.2 Å². The normalized spacial score (nSPS) is 16.1. The number of piperidine rings is 1. The summed E-state index contributed by atoms with van der Waals surface area (Å²) in [5, 5.41) is 2.74. The number of thiazole rings is 1. The summed E-state index contributed by atoms with van der Waals surface area (Å²) in [6, 6.07) is 1.64. The van der Waals surface area contributed by atoms with Gasteiger partial charge in [0.25, 0.3) is 11.5 Å². The molecule has 1 saturated heterocycles. The zero-order valence-corrected chi connectivity index (χ0v) is 16.7. The topological polar surface area (TPSA) is 68.1 Å². The van der Waals surface area contributed by atoms with Crippen LogP contribution in [0.5, 0.6) is 0 Å². The molecule has 0 aromatic carbocycles. The summed E-state index contributed by atoms with van der Waals surface area (Å²) < 4.78 is 1.70. The molecule has 0 radical (unpaired) electrons. The first-order valence-corrected chi connectivity index (χ1v) is 9.90. The van der Waals surface area contributed by atoms with E-state index in [1.807, 2.05) is 17.2 Å². The molecule has 2 aromatic heterocycles. The lowest BCUT2D eigenvalue weighted by Gasteiger charge is -2.31. The largest absolute Gasteiger partial charge is 0.337 e. The minimum Gasteiger partial charge on any atom is -0.337 e. The van der Waals surface area contributed by atoms with Crippen molar-refractivity contribution in [3.05, 3.63) is 44.5 Å². The molecule has 1 fully saturated rings. The standard InChI is InChI=1S/C19H26N4O2S/c1-13-21-15(11-26-13)18(25)22-7-5-14(6-8-22)10-23-12-20-16(9-17(23)24)19(2,3)4/h9,11-12,14H,5-8,10H2,1-4H3. The molecule has 0 atom stereocenters. The van der Waals surface area contributed by atoms with Gasteiger partial charge in [-0.05, 0) is 25.7 Å². The van der Waals surface area contributed by atoms with Gasteiger partial charge < -0.3 is 4.90 Å². The lowest BCUT2D eigenvalue weighted by atomic mass is 9.92. The minimum atomic E-state index is -0.127. The van der Waals surface area contributed by atoms with Crippen molar-refractivity contribution < 1.29 is 4.79 Å². The highest BCUT2D eigenvalue weighted by atomic mass is 32.1. The van der Waals surface area contributed by atoms with Crippen molar-refractivity contribution in [1.82, 2.24) is 19.4 Å². The molecule has 0 spiro atoms. The summed E-state index contributed by atoms with van der Waals surface area (Å²) >= 11 is 1.50. The van der Waals surface area contributed by atoms with Crippen molar-refractivity contribution in [2.24, 2.45) is 5.92 Å². The van der Waals surface area contributed by atoms with Gasteiger partial charge in [-0.2, -0.15) is 0 Å². The summed E-state index contributed by atoms with van der Waals surface area (Å²) in [5.41, 5.74) is 1.24. The van der Waals surface area contributed by atoms with Gasteiger partial charge in [0.1, 0.15) is 5.69 Å². The summed E-state index contributed by atoms with van der Waals surface area (Å²) in [5.74, 6) is 0.400. The highest BCUT2D eigenvalue weighted by molar-refractivity contribution is 7.09. The fourth-order valence-corrected chi connectivity index (χ4v) is 3.78. The molecular formula is C19H26N4O2S. The van der Waals surface area contributed by atoms with E-state index < -0.39 is 0 Å². The van der Waals surface area contributed by atoms with Gasteiger partial charge in [0.05, 0.1) is 17.0 Å². The maximum Gasteiger partial charge on any atom is 0.273 e. The molecule has 0 aliphatic carbocycles. The van der Waals surface area contributed by atoms with Gasteiger partial charge in [0, 0.05) is 36.5 Å². The lowest BCUT2D eigenvalue weighted by molar-refractivity contribution is 0.0677. The molecule has 3 rings (SSSR count). The Morgan fingerprint density at radius 2 is 2.00 bits per heavy atom. The van der Waals surface area contributed by atoms with Crippen LogP contribution in [0.15, 0.2) is 22.6 Å². The van der Waals surface area contributed by atoms with Crippen LogP contribution in [0.4, 0.5) is 0 Å². The van der Waals surface area contributed by atoms with Gasteiger partial charge in [-0.15, -0.1) is 11.3 Å². The summed E-state index contributed by atoms with van der Waals surface area (Å²) in [7, 11) is 0. The molecule has 0 bridgehead atoms. The molecule has 0 N–H and O–H groups in total. The third-order valence-electron chi connectivity index (χ3n) is 4.84. The lowest BCUT2D eigenvalue weighted by Crippen LogP contribution is -2.40. The van der Waals surface area contributed by atoms with E-state index in [4.69, 9.17) is 0 Å². The first-order chi connectivity index (χ1) is 12.2. The van der Waals surface area contributed by atoms with Crippen molar-refractivity contribution in [1.29, 1.82) is 0 Å². The Hall–Kier alpha value is -2.02. The molecule has 140 valence electrons. The molecule has 7 heteroatoms. The molecule has 0 unspecified atom stereocenters. The second kappa shape index (κ2) is 7.31. The molecule has 1 amide bonds. The Balaban J connectivity index is 1.59. The number of hydrogen-bond donors (Lipinski definition) is 0. The van der Waals surface area contributed by atoms with E-state index in [2.05, 4.69) is 30.7 Å². The third kappa shape index (κ3) is 4.20. The maximum atomic E-state index is 12.5. The Morgan fingerprint density at radius 1 is 1.31 bits per heavy atom. The van der Waals surface area contributed by atoms with Gasteiger partial charge >= 0.3 is 0 Å². The highest BCUT2D eigenvalue weighted by Gasteiger charge is 2.25. The van der Waals surface area contributed by atoms with E-state index in [9.17, 15) is 9.59 Å². The predicted octanol–water partition coefficient (Wildman–Crippen LogP) is 2.86. The second-order valence-corrected chi connectivity index (χ2v) is 9.06. The molecular weight excluding hydrogens is 348 g/mol. The van der Waals surface area contributed by atoms with Crippen LogP contribution < -0.4 is 5.56 Å². The number of aromatic nitrogens is 3. The van der Waals surface area contributed by atoms with Crippen LogP contribution in [0.2, 0.25) is 0 Å². The van der Waals surface area contributed by atoms with E-state index in [0.717, 1.165) is 23.5 Å². The predicted molar refractivity (Wildman–Crippen MR) is 103 cm³/mol. The second-order valence-electron chi connectivity index (χ2n) is 8.00.